The molecule has 0 aliphatic heterocycles. The molecular weight excluding hydrogens is 248 g/mol. The van der Waals surface area contributed by atoms with Gasteiger partial charge in [-0.2, -0.15) is 0 Å². The highest BCUT2D eigenvalue weighted by molar-refractivity contribution is 5.95. The van der Waals surface area contributed by atoms with E-state index >= 15 is 0 Å². The van der Waals surface area contributed by atoms with E-state index in [9.17, 15) is 9.59 Å². The van der Waals surface area contributed by atoms with Gasteiger partial charge in [-0.1, -0.05) is 48.1 Å². The summed E-state index contributed by atoms with van der Waals surface area (Å²) in [5.74, 6) is 0.547. The summed E-state index contributed by atoms with van der Waals surface area (Å²) in [6.07, 6.45) is 8.60. The van der Waals surface area contributed by atoms with E-state index in [0.717, 1.165) is 24.8 Å². The molecule has 1 aromatic rings. The number of Topliss-reactive ketones (excluding diaryl/α,β-unsaturated/α-hetero) is 1. The summed E-state index contributed by atoms with van der Waals surface area (Å²) in [5, 5.41) is 0. The van der Waals surface area contributed by atoms with Crippen LogP contribution in [0.4, 0.5) is 0 Å². The third kappa shape index (κ3) is 4.30. The molecule has 2 heteroatoms. The molecule has 104 valence electrons. The molecule has 20 heavy (non-hydrogen) atoms. The Morgan fingerprint density at radius 1 is 1.25 bits per heavy atom. The van der Waals surface area contributed by atoms with Gasteiger partial charge in [0.25, 0.3) is 0 Å². The average Bonchev–Trinajstić information content (AvgIpc) is 2.47. The highest BCUT2D eigenvalue weighted by Gasteiger charge is 2.18. The standard InChI is InChI=1S/C18H20O2/c1-14(19)17-10-7-16(8-11-17)13-18(20)12-9-15-5-3-2-4-6-15/h2-7,9,12,17H,8,10-11,13H2,1H3/b12-9+. The van der Waals surface area contributed by atoms with Crippen LogP contribution in [0.25, 0.3) is 6.08 Å². The maximum Gasteiger partial charge on any atom is 0.159 e. The van der Waals surface area contributed by atoms with Gasteiger partial charge in [0.15, 0.2) is 5.78 Å². The lowest BCUT2D eigenvalue weighted by Gasteiger charge is -2.18. The molecule has 1 atom stereocenters. The zero-order valence-electron chi connectivity index (χ0n) is 11.8. The van der Waals surface area contributed by atoms with Crippen LogP contribution in [0.1, 0.15) is 38.2 Å². The molecule has 1 unspecified atom stereocenters. The lowest BCUT2D eigenvalue weighted by molar-refractivity contribution is -0.120. The number of allylic oxidation sites excluding steroid dienone is 3. The number of benzene rings is 1. The van der Waals surface area contributed by atoms with Gasteiger partial charge < -0.3 is 0 Å². The Kier molecular flexibility index (Phi) is 5.05. The molecule has 0 N–H and O–H groups in total. The molecule has 0 saturated heterocycles. The lowest BCUT2D eigenvalue weighted by atomic mass is 9.85. The van der Waals surface area contributed by atoms with E-state index in [1.165, 1.54) is 5.57 Å². The molecule has 0 heterocycles. The van der Waals surface area contributed by atoms with Crippen LogP contribution in [0.5, 0.6) is 0 Å². The number of hydrogen-bond donors (Lipinski definition) is 0. The first kappa shape index (κ1) is 14.4. The third-order valence-electron chi connectivity index (χ3n) is 3.74. The zero-order valence-corrected chi connectivity index (χ0v) is 11.8. The topological polar surface area (TPSA) is 34.1 Å². The first-order valence-electron chi connectivity index (χ1n) is 7.09. The molecule has 1 aromatic carbocycles. The predicted molar refractivity (Wildman–Crippen MR) is 81.2 cm³/mol. The Hall–Kier alpha value is -1.96. The maximum atomic E-state index is 11.9. The molecule has 0 saturated carbocycles. The molecule has 2 nitrogen and oxygen atoms in total. The Bertz CT molecular complexity index is 538. The lowest BCUT2D eigenvalue weighted by Crippen LogP contribution is -2.14. The minimum Gasteiger partial charge on any atom is -0.300 e. The van der Waals surface area contributed by atoms with Crippen molar-refractivity contribution in [1.82, 2.24) is 0 Å². The first-order valence-corrected chi connectivity index (χ1v) is 7.09. The highest BCUT2D eigenvalue weighted by atomic mass is 16.1. The van der Waals surface area contributed by atoms with Gasteiger partial charge in [-0.15, -0.1) is 0 Å². The Balaban J connectivity index is 1.87. The smallest absolute Gasteiger partial charge is 0.159 e. The molecule has 1 aliphatic rings. The van der Waals surface area contributed by atoms with Crippen molar-refractivity contribution in [3.63, 3.8) is 0 Å². The molecule has 0 bridgehead atoms. The van der Waals surface area contributed by atoms with Gasteiger partial charge in [0, 0.05) is 12.3 Å². The molecule has 0 amide bonds. The summed E-state index contributed by atoms with van der Waals surface area (Å²) in [5.41, 5.74) is 2.21. The summed E-state index contributed by atoms with van der Waals surface area (Å²) in [7, 11) is 0. The second-order valence-electron chi connectivity index (χ2n) is 5.33. The van der Waals surface area contributed by atoms with E-state index in [0.29, 0.717) is 6.42 Å². The van der Waals surface area contributed by atoms with Crippen molar-refractivity contribution in [3.8, 4) is 0 Å². The van der Waals surface area contributed by atoms with Gasteiger partial charge in [-0.05, 0) is 37.8 Å². The minimum atomic E-state index is 0.126. The van der Waals surface area contributed by atoms with Crippen molar-refractivity contribution in [2.75, 3.05) is 0 Å². The van der Waals surface area contributed by atoms with Crippen LogP contribution in [0.3, 0.4) is 0 Å². The Morgan fingerprint density at radius 3 is 2.60 bits per heavy atom. The molecular formula is C18H20O2. The number of carbonyl (C=O) groups excluding carboxylic acids is 2. The fourth-order valence-corrected chi connectivity index (χ4v) is 2.45. The number of hydrogen-bond acceptors (Lipinski definition) is 2. The van der Waals surface area contributed by atoms with Crippen LogP contribution in [-0.2, 0) is 9.59 Å². The fraction of sp³-hybridized carbons (Fsp3) is 0.333. The Morgan fingerprint density at radius 2 is 2.00 bits per heavy atom. The van der Waals surface area contributed by atoms with Gasteiger partial charge in [0.1, 0.15) is 5.78 Å². The van der Waals surface area contributed by atoms with Crippen molar-refractivity contribution in [2.24, 2.45) is 5.92 Å². The SMILES string of the molecule is CC(=O)C1CC=C(CC(=O)/C=C/c2ccccc2)CC1. The second-order valence-corrected chi connectivity index (χ2v) is 5.33. The molecule has 0 aromatic heterocycles. The van der Waals surface area contributed by atoms with Crippen LogP contribution >= 0.6 is 0 Å². The molecule has 0 spiro atoms. The van der Waals surface area contributed by atoms with Crippen LogP contribution < -0.4 is 0 Å². The third-order valence-corrected chi connectivity index (χ3v) is 3.74. The zero-order chi connectivity index (χ0) is 14.4. The van der Waals surface area contributed by atoms with Crippen molar-refractivity contribution in [3.05, 3.63) is 53.6 Å². The van der Waals surface area contributed by atoms with Gasteiger partial charge >= 0.3 is 0 Å². The molecule has 1 aliphatic carbocycles. The van der Waals surface area contributed by atoms with Gasteiger partial charge in [-0.25, -0.2) is 0 Å². The van der Waals surface area contributed by atoms with Crippen LogP contribution in [0, 0.1) is 5.92 Å². The average molecular weight is 268 g/mol. The van der Waals surface area contributed by atoms with Crippen LogP contribution in [0.15, 0.2) is 48.1 Å². The van der Waals surface area contributed by atoms with E-state index in [1.54, 1.807) is 13.0 Å². The first-order chi connectivity index (χ1) is 9.65. The number of ketones is 2. The summed E-state index contributed by atoms with van der Waals surface area (Å²) in [6.45, 7) is 1.65. The van der Waals surface area contributed by atoms with Crippen molar-refractivity contribution >= 4 is 17.6 Å². The maximum absolute atomic E-state index is 11.9. The largest absolute Gasteiger partial charge is 0.300 e. The van der Waals surface area contributed by atoms with Crippen molar-refractivity contribution in [2.45, 2.75) is 32.6 Å². The summed E-state index contributed by atoms with van der Waals surface area (Å²) in [4.78, 5) is 23.2. The molecule has 0 radical (unpaired) electrons. The molecule has 0 fully saturated rings. The van der Waals surface area contributed by atoms with E-state index < -0.39 is 0 Å². The monoisotopic (exact) mass is 268 g/mol. The fourth-order valence-electron chi connectivity index (χ4n) is 2.45. The number of carbonyl (C=O) groups is 2. The van der Waals surface area contributed by atoms with Crippen molar-refractivity contribution < 1.29 is 9.59 Å². The highest BCUT2D eigenvalue weighted by Crippen LogP contribution is 2.26. The predicted octanol–water partition coefficient (Wildman–Crippen LogP) is 3.97. The normalized spacial score (nSPS) is 18.9. The van der Waals surface area contributed by atoms with E-state index in [-0.39, 0.29) is 17.5 Å². The van der Waals surface area contributed by atoms with Gasteiger partial charge in [-0.3, -0.25) is 9.59 Å². The summed E-state index contributed by atoms with van der Waals surface area (Å²) in [6, 6.07) is 9.81. The van der Waals surface area contributed by atoms with Gasteiger partial charge in [0.2, 0.25) is 0 Å². The quantitative estimate of drug-likeness (QED) is 0.598. The number of rotatable bonds is 5. The Labute approximate surface area is 120 Å². The van der Waals surface area contributed by atoms with E-state index in [2.05, 4.69) is 6.08 Å². The van der Waals surface area contributed by atoms with Gasteiger partial charge in [0.05, 0.1) is 0 Å². The molecule has 2 rings (SSSR count). The summed E-state index contributed by atoms with van der Waals surface area (Å²) < 4.78 is 0. The summed E-state index contributed by atoms with van der Waals surface area (Å²) >= 11 is 0. The minimum absolute atomic E-state index is 0.126. The van der Waals surface area contributed by atoms with E-state index in [4.69, 9.17) is 0 Å². The second kappa shape index (κ2) is 6.99. The van der Waals surface area contributed by atoms with Crippen molar-refractivity contribution in [1.29, 1.82) is 0 Å². The van der Waals surface area contributed by atoms with Crippen LogP contribution in [-0.4, -0.2) is 11.6 Å². The van der Waals surface area contributed by atoms with E-state index in [1.807, 2.05) is 36.4 Å². The van der Waals surface area contributed by atoms with Crippen LogP contribution in [0.2, 0.25) is 0 Å².